The highest BCUT2D eigenvalue weighted by molar-refractivity contribution is 6.32. The maximum absolute atomic E-state index is 11.3. The normalized spacial score (nSPS) is 17.7. The molecule has 1 N–H and O–H groups in total. The Labute approximate surface area is 206 Å². The topological polar surface area (TPSA) is 103 Å². The van der Waals surface area contributed by atoms with Gasteiger partial charge in [-0.3, -0.25) is 0 Å². The van der Waals surface area contributed by atoms with Crippen LogP contribution in [0.2, 0.25) is 10.2 Å². The van der Waals surface area contributed by atoms with Crippen LogP contribution in [0.1, 0.15) is 55.5 Å². The molecule has 34 heavy (non-hydrogen) atoms. The summed E-state index contributed by atoms with van der Waals surface area (Å²) in [6.45, 7) is 2.02. The van der Waals surface area contributed by atoms with Crippen LogP contribution in [0.15, 0.2) is 30.7 Å². The molecule has 4 aromatic heterocycles. The van der Waals surface area contributed by atoms with Crippen LogP contribution < -0.4 is 5.32 Å². The number of nitrogens with zero attached hydrogens (tertiary/aromatic N) is 7. The largest absolute Gasteiger partial charge is 0.387 e. The lowest BCUT2D eigenvalue weighted by Gasteiger charge is -2.39. The summed E-state index contributed by atoms with van der Waals surface area (Å²) in [6.07, 6.45) is 11.5. The number of hydrogen-bond acceptors (Lipinski definition) is 7. The number of aromatic nitrogens is 7. The van der Waals surface area contributed by atoms with Crippen molar-refractivity contribution in [1.29, 1.82) is 0 Å². The lowest BCUT2D eigenvalue weighted by atomic mass is 9.66. The number of carbonyl (C=O) groups excluding carboxylic acids is 1. The SMILES string of the molecule is CCc1cnn(-c2ncc(NC)cc2Cl)n1.O=C[C@@H]1CC2(CCC2)c2c1cnc1cc(Cl)nn21. The Hall–Kier alpha value is -3.04. The molecule has 0 amide bonds. The van der Waals surface area contributed by atoms with Gasteiger partial charge in [0.05, 0.1) is 34.5 Å². The van der Waals surface area contributed by atoms with Crippen molar-refractivity contribution in [2.45, 2.75) is 50.4 Å². The van der Waals surface area contributed by atoms with E-state index in [2.05, 4.69) is 30.6 Å². The first-order chi connectivity index (χ1) is 16.5. The molecule has 0 saturated heterocycles. The number of anilines is 1. The highest BCUT2D eigenvalue weighted by atomic mass is 35.5. The smallest absolute Gasteiger partial charge is 0.193 e. The zero-order chi connectivity index (χ0) is 23.9. The quantitative estimate of drug-likeness (QED) is 0.415. The first kappa shape index (κ1) is 22.7. The summed E-state index contributed by atoms with van der Waals surface area (Å²) in [5.41, 5.74) is 4.89. The van der Waals surface area contributed by atoms with E-state index in [1.165, 1.54) is 16.9 Å². The standard InChI is InChI=1S/C13H12ClN3O.C10H12ClN5/c14-10-4-11-15-6-9-8(7-18)5-13(2-1-3-13)12(9)17(11)16-10;1-3-7-6-14-16(15-7)10-9(11)4-8(12-2)5-13-10/h4,6-8H,1-3,5H2;4-6,12H,3H2,1-2H3/t8-;/m0./s1. The summed E-state index contributed by atoms with van der Waals surface area (Å²) in [5.74, 6) is 0.514. The number of halogens is 2. The van der Waals surface area contributed by atoms with E-state index in [1.54, 1.807) is 24.5 Å². The molecule has 2 aliphatic rings. The van der Waals surface area contributed by atoms with Crippen LogP contribution in [0, 0.1) is 0 Å². The second kappa shape index (κ2) is 8.96. The van der Waals surface area contributed by atoms with E-state index in [0.717, 1.165) is 54.6 Å². The van der Waals surface area contributed by atoms with Gasteiger partial charge >= 0.3 is 0 Å². The number of aldehydes is 1. The summed E-state index contributed by atoms with van der Waals surface area (Å²) >= 11 is 12.1. The van der Waals surface area contributed by atoms with E-state index in [1.807, 2.05) is 24.7 Å². The number of nitrogens with one attached hydrogen (secondary N) is 1. The van der Waals surface area contributed by atoms with E-state index in [9.17, 15) is 4.79 Å². The van der Waals surface area contributed by atoms with Crippen molar-refractivity contribution in [1.82, 2.24) is 34.6 Å². The van der Waals surface area contributed by atoms with Crippen LogP contribution in [0.4, 0.5) is 5.69 Å². The number of carbonyl (C=O) groups is 1. The van der Waals surface area contributed by atoms with Crippen molar-refractivity contribution in [2.24, 2.45) is 0 Å². The molecular formula is C23H24Cl2N8O. The highest BCUT2D eigenvalue weighted by Gasteiger charge is 2.50. The molecule has 4 aromatic rings. The minimum Gasteiger partial charge on any atom is -0.387 e. The molecule has 0 bridgehead atoms. The molecule has 0 aliphatic heterocycles. The van der Waals surface area contributed by atoms with Gasteiger partial charge in [-0.25, -0.2) is 14.5 Å². The maximum Gasteiger partial charge on any atom is 0.193 e. The molecule has 9 nitrogen and oxygen atoms in total. The summed E-state index contributed by atoms with van der Waals surface area (Å²) < 4.78 is 1.85. The van der Waals surface area contributed by atoms with Gasteiger partial charge in [0.1, 0.15) is 6.29 Å². The monoisotopic (exact) mass is 498 g/mol. The number of pyridine rings is 1. The van der Waals surface area contributed by atoms with Gasteiger partial charge in [-0.05, 0) is 31.7 Å². The Bertz CT molecular complexity index is 1360. The maximum atomic E-state index is 11.3. The van der Waals surface area contributed by atoms with E-state index in [0.29, 0.717) is 16.0 Å². The molecule has 0 radical (unpaired) electrons. The number of hydrogen-bond donors (Lipinski definition) is 1. The van der Waals surface area contributed by atoms with Crippen LogP contribution in [0.25, 0.3) is 11.5 Å². The molecule has 2 aliphatic carbocycles. The van der Waals surface area contributed by atoms with Gasteiger partial charge in [-0.15, -0.1) is 4.80 Å². The molecule has 176 valence electrons. The van der Waals surface area contributed by atoms with E-state index in [-0.39, 0.29) is 11.3 Å². The zero-order valence-electron chi connectivity index (χ0n) is 18.9. The Morgan fingerprint density at radius 2 is 2.00 bits per heavy atom. The molecule has 1 saturated carbocycles. The van der Waals surface area contributed by atoms with Crippen molar-refractivity contribution in [2.75, 3.05) is 12.4 Å². The van der Waals surface area contributed by atoms with Gasteiger partial charge in [0, 0.05) is 36.2 Å². The van der Waals surface area contributed by atoms with Crippen molar-refractivity contribution in [3.05, 3.63) is 57.9 Å². The molecule has 11 heteroatoms. The van der Waals surface area contributed by atoms with Crippen molar-refractivity contribution in [3.8, 4) is 5.82 Å². The Kier molecular flexibility index (Phi) is 5.99. The third-order valence-electron chi connectivity index (χ3n) is 6.67. The molecule has 6 rings (SSSR count). The Morgan fingerprint density at radius 3 is 2.62 bits per heavy atom. The van der Waals surface area contributed by atoms with Crippen LogP contribution in [-0.4, -0.2) is 47.9 Å². The number of rotatable bonds is 4. The molecule has 1 spiro atoms. The predicted molar refractivity (Wildman–Crippen MR) is 130 cm³/mol. The molecule has 1 fully saturated rings. The second-order valence-electron chi connectivity index (χ2n) is 8.64. The third-order valence-corrected chi connectivity index (χ3v) is 7.13. The fraction of sp³-hybridized carbons (Fsp3) is 0.391. The fourth-order valence-electron chi connectivity index (χ4n) is 4.79. The Balaban J connectivity index is 0.000000143. The van der Waals surface area contributed by atoms with E-state index >= 15 is 0 Å². The molecule has 1 atom stereocenters. The van der Waals surface area contributed by atoms with E-state index in [4.69, 9.17) is 23.2 Å². The van der Waals surface area contributed by atoms with Crippen LogP contribution >= 0.6 is 23.2 Å². The second-order valence-corrected chi connectivity index (χ2v) is 9.43. The van der Waals surface area contributed by atoms with Crippen molar-refractivity contribution >= 4 is 40.8 Å². The first-order valence-corrected chi connectivity index (χ1v) is 12.0. The average molecular weight is 499 g/mol. The lowest BCUT2D eigenvalue weighted by molar-refractivity contribution is -0.109. The molecule has 0 aromatic carbocycles. The minimum atomic E-state index is -0.0276. The highest BCUT2D eigenvalue weighted by Crippen LogP contribution is 2.55. The molecule has 0 unspecified atom stereocenters. The third kappa shape index (κ3) is 3.82. The fourth-order valence-corrected chi connectivity index (χ4v) is 5.20. The van der Waals surface area contributed by atoms with Gasteiger partial charge in [-0.2, -0.15) is 15.3 Å². The van der Waals surface area contributed by atoms with Gasteiger partial charge in [0.25, 0.3) is 0 Å². The summed E-state index contributed by atoms with van der Waals surface area (Å²) in [4.78, 5) is 21.3. The molecule has 4 heterocycles. The van der Waals surface area contributed by atoms with Gasteiger partial charge in [-0.1, -0.05) is 36.5 Å². The zero-order valence-corrected chi connectivity index (χ0v) is 20.4. The van der Waals surface area contributed by atoms with Crippen LogP contribution in [0.3, 0.4) is 0 Å². The summed E-state index contributed by atoms with van der Waals surface area (Å²) in [5, 5.41) is 16.6. The van der Waals surface area contributed by atoms with E-state index < -0.39 is 0 Å². The van der Waals surface area contributed by atoms with Crippen LogP contribution in [0.5, 0.6) is 0 Å². The average Bonchev–Trinajstić information content (AvgIpc) is 3.53. The Morgan fingerprint density at radius 1 is 1.18 bits per heavy atom. The lowest BCUT2D eigenvalue weighted by Crippen LogP contribution is -2.33. The van der Waals surface area contributed by atoms with Crippen molar-refractivity contribution in [3.63, 3.8) is 0 Å². The summed E-state index contributed by atoms with van der Waals surface area (Å²) in [7, 11) is 1.81. The van der Waals surface area contributed by atoms with Crippen LogP contribution in [-0.2, 0) is 16.6 Å². The van der Waals surface area contributed by atoms with Gasteiger partial charge in [0.15, 0.2) is 16.6 Å². The number of fused-ring (bicyclic) bond motifs is 4. The number of aryl methyl sites for hydroxylation is 1. The molecular weight excluding hydrogens is 475 g/mol. The first-order valence-electron chi connectivity index (χ1n) is 11.2. The van der Waals surface area contributed by atoms with Crippen molar-refractivity contribution < 1.29 is 4.79 Å². The van der Waals surface area contributed by atoms with Gasteiger partial charge in [0.2, 0.25) is 0 Å². The minimum absolute atomic E-state index is 0.0276. The van der Waals surface area contributed by atoms with Gasteiger partial charge < -0.3 is 10.1 Å². The summed E-state index contributed by atoms with van der Waals surface area (Å²) in [6, 6.07) is 3.56. The predicted octanol–water partition coefficient (Wildman–Crippen LogP) is 4.41.